The monoisotopic (exact) mass is 563 g/mol. The predicted molar refractivity (Wildman–Crippen MR) is 184 cm³/mol. The van der Waals surface area contributed by atoms with Crippen LogP contribution in [0, 0.1) is 0 Å². The number of aromatic nitrogens is 2. The molecule has 0 atom stereocenters. The molecular formula is C41H29N3. The maximum atomic E-state index is 4.18. The number of para-hydroxylation sites is 2. The van der Waals surface area contributed by atoms with Crippen LogP contribution in [0.2, 0.25) is 0 Å². The minimum Gasteiger partial charge on any atom is -0.310 e. The lowest BCUT2D eigenvalue weighted by molar-refractivity contribution is 1.18. The molecule has 8 rings (SSSR count). The second-order valence-corrected chi connectivity index (χ2v) is 10.9. The van der Waals surface area contributed by atoms with Crippen molar-refractivity contribution in [3.05, 3.63) is 176 Å². The van der Waals surface area contributed by atoms with Crippen LogP contribution in [0.25, 0.3) is 49.7 Å². The molecule has 44 heavy (non-hydrogen) atoms. The fourth-order valence-electron chi connectivity index (χ4n) is 6.27. The molecule has 8 aromatic rings. The second kappa shape index (κ2) is 11.0. The summed E-state index contributed by atoms with van der Waals surface area (Å²) in [5.41, 5.74) is 11.6. The van der Waals surface area contributed by atoms with Gasteiger partial charge in [0, 0.05) is 40.2 Å². The largest absolute Gasteiger partial charge is 0.310 e. The van der Waals surface area contributed by atoms with Crippen molar-refractivity contribution in [1.82, 2.24) is 9.55 Å². The predicted octanol–water partition coefficient (Wildman–Crippen LogP) is 11.0. The third kappa shape index (κ3) is 4.52. The first-order valence-electron chi connectivity index (χ1n) is 14.9. The molecule has 0 saturated heterocycles. The van der Waals surface area contributed by atoms with Crippen molar-refractivity contribution in [2.24, 2.45) is 0 Å². The molecule has 6 aromatic carbocycles. The number of hydrogen-bond acceptors (Lipinski definition) is 2. The van der Waals surface area contributed by atoms with Gasteiger partial charge in [0.25, 0.3) is 0 Å². The summed E-state index contributed by atoms with van der Waals surface area (Å²) in [4.78, 5) is 6.56. The van der Waals surface area contributed by atoms with Crippen LogP contribution in [0.3, 0.4) is 0 Å². The van der Waals surface area contributed by atoms with E-state index in [1.54, 1.807) is 0 Å². The summed E-state index contributed by atoms with van der Waals surface area (Å²) in [6, 6.07) is 58.4. The fraction of sp³-hybridized carbons (Fsp3) is 0. The van der Waals surface area contributed by atoms with Crippen molar-refractivity contribution in [2.45, 2.75) is 0 Å². The Kier molecular flexibility index (Phi) is 6.47. The van der Waals surface area contributed by atoms with Crippen molar-refractivity contribution >= 4 is 38.9 Å². The Morgan fingerprint density at radius 3 is 1.82 bits per heavy atom. The highest BCUT2D eigenvalue weighted by Crippen LogP contribution is 2.44. The molecule has 0 bridgehead atoms. The highest BCUT2D eigenvalue weighted by Gasteiger charge is 2.21. The Morgan fingerprint density at radius 1 is 0.432 bits per heavy atom. The number of anilines is 3. The number of nitrogens with zero attached hydrogens (tertiary/aromatic N) is 3. The number of rotatable bonds is 6. The number of fused-ring (bicyclic) bond motifs is 3. The maximum absolute atomic E-state index is 4.18. The van der Waals surface area contributed by atoms with E-state index in [4.69, 9.17) is 0 Å². The summed E-state index contributed by atoms with van der Waals surface area (Å²) in [5, 5.41) is 2.44. The Balaban J connectivity index is 1.35. The molecule has 0 N–H and O–H groups in total. The zero-order valence-electron chi connectivity index (χ0n) is 24.1. The van der Waals surface area contributed by atoms with E-state index in [2.05, 4.69) is 166 Å². The molecule has 0 aliphatic heterocycles. The van der Waals surface area contributed by atoms with Gasteiger partial charge in [-0.05, 0) is 89.0 Å². The van der Waals surface area contributed by atoms with Crippen LogP contribution >= 0.6 is 0 Å². The molecule has 0 aliphatic rings. The summed E-state index contributed by atoms with van der Waals surface area (Å²) < 4.78 is 2.38. The topological polar surface area (TPSA) is 21.1 Å². The highest BCUT2D eigenvalue weighted by atomic mass is 15.1. The van der Waals surface area contributed by atoms with Crippen molar-refractivity contribution in [3.8, 4) is 27.9 Å². The summed E-state index contributed by atoms with van der Waals surface area (Å²) in [6.45, 7) is 0. The van der Waals surface area contributed by atoms with Crippen LogP contribution in [-0.4, -0.2) is 9.55 Å². The van der Waals surface area contributed by atoms with Crippen LogP contribution < -0.4 is 4.90 Å². The SMILES string of the molecule is c1ccc(-c2cccc(N(c3ccccc3)c3cccc4c3c3ccccc3n4-c3ccc(-c4ccncc4)cc3)c2)cc1. The van der Waals surface area contributed by atoms with E-state index in [-0.39, 0.29) is 0 Å². The van der Waals surface area contributed by atoms with Crippen molar-refractivity contribution in [3.63, 3.8) is 0 Å². The summed E-state index contributed by atoms with van der Waals surface area (Å²) in [7, 11) is 0. The molecule has 0 amide bonds. The van der Waals surface area contributed by atoms with Crippen molar-refractivity contribution in [1.29, 1.82) is 0 Å². The molecule has 3 nitrogen and oxygen atoms in total. The second-order valence-electron chi connectivity index (χ2n) is 10.9. The average Bonchev–Trinajstić information content (AvgIpc) is 3.45. The highest BCUT2D eigenvalue weighted by molar-refractivity contribution is 6.16. The van der Waals surface area contributed by atoms with E-state index >= 15 is 0 Å². The van der Waals surface area contributed by atoms with Crippen LogP contribution in [-0.2, 0) is 0 Å². The quantitative estimate of drug-likeness (QED) is 0.201. The molecule has 2 aromatic heterocycles. The van der Waals surface area contributed by atoms with E-state index in [1.807, 2.05) is 24.5 Å². The molecule has 0 fully saturated rings. The molecule has 0 saturated carbocycles. The summed E-state index contributed by atoms with van der Waals surface area (Å²) in [5.74, 6) is 0. The van der Waals surface area contributed by atoms with E-state index in [0.717, 1.165) is 28.3 Å². The lowest BCUT2D eigenvalue weighted by atomic mass is 10.0. The fourth-order valence-corrected chi connectivity index (χ4v) is 6.27. The minimum atomic E-state index is 1.11. The van der Waals surface area contributed by atoms with Crippen LogP contribution in [0.4, 0.5) is 17.1 Å². The normalized spacial score (nSPS) is 11.2. The zero-order chi connectivity index (χ0) is 29.3. The van der Waals surface area contributed by atoms with Gasteiger partial charge in [-0.1, -0.05) is 97.1 Å². The lowest BCUT2D eigenvalue weighted by Crippen LogP contribution is -2.10. The van der Waals surface area contributed by atoms with Gasteiger partial charge in [-0.2, -0.15) is 0 Å². The summed E-state index contributed by atoms with van der Waals surface area (Å²) in [6.07, 6.45) is 3.68. The first kappa shape index (κ1) is 25.8. The Hall–Kier alpha value is -5.93. The Bertz CT molecular complexity index is 2200. The van der Waals surface area contributed by atoms with Gasteiger partial charge in [0.1, 0.15) is 0 Å². The maximum Gasteiger partial charge on any atom is 0.0562 e. The third-order valence-electron chi connectivity index (χ3n) is 8.28. The van der Waals surface area contributed by atoms with E-state index < -0.39 is 0 Å². The van der Waals surface area contributed by atoms with Gasteiger partial charge >= 0.3 is 0 Å². The molecule has 2 heterocycles. The molecule has 0 unspecified atom stereocenters. The van der Waals surface area contributed by atoms with Crippen molar-refractivity contribution in [2.75, 3.05) is 4.90 Å². The molecule has 208 valence electrons. The van der Waals surface area contributed by atoms with Gasteiger partial charge in [-0.3, -0.25) is 4.98 Å². The van der Waals surface area contributed by atoms with Gasteiger partial charge in [0.05, 0.1) is 16.7 Å². The first-order chi connectivity index (χ1) is 21.8. The van der Waals surface area contributed by atoms with Crippen LogP contribution in [0.1, 0.15) is 0 Å². The number of hydrogen-bond donors (Lipinski definition) is 0. The van der Waals surface area contributed by atoms with Gasteiger partial charge in [-0.25, -0.2) is 0 Å². The molecule has 3 heteroatoms. The van der Waals surface area contributed by atoms with Gasteiger partial charge < -0.3 is 9.47 Å². The lowest BCUT2D eigenvalue weighted by Gasteiger charge is -2.27. The minimum absolute atomic E-state index is 1.11. The van der Waals surface area contributed by atoms with Crippen molar-refractivity contribution < 1.29 is 0 Å². The zero-order valence-corrected chi connectivity index (χ0v) is 24.1. The average molecular weight is 564 g/mol. The standard InChI is InChI=1S/C41H29N3/c1-3-11-30(12-4-1)33-13-9-16-36(29-33)43(34-14-5-2-6-15-34)39-19-10-20-40-41(39)37-17-7-8-18-38(37)44(40)35-23-21-31(22-24-35)32-25-27-42-28-26-32/h1-29H. The Labute approximate surface area is 256 Å². The number of benzene rings is 6. The van der Waals surface area contributed by atoms with Gasteiger partial charge in [0.15, 0.2) is 0 Å². The Morgan fingerprint density at radius 2 is 1.02 bits per heavy atom. The van der Waals surface area contributed by atoms with Gasteiger partial charge in [0.2, 0.25) is 0 Å². The smallest absolute Gasteiger partial charge is 0.0562 e. The van der Waals surface area contributed by atoms with E-state index in [1.165, 1.54) is 38.5 Å². The van der Waals surface area contributed by atoms with E-state index in [0.29, 0.717) is 0 Å². The van der Waals surface area contributed by atoms with Crippen LogP contribution in [0.5, 0.6) is 0 Å². The van der Waals surface area contributed by atoms with Gasteiger partial charge in [-0.15, -0.1) is 0 Å². The van der Waals surface area contributed by atoms with E-state index in [9.17, 15) is 0 Å². The molecule has 0 spiro atoms. The number of pyridine rings is 1. The molecular weight excluding hydrogens is 534 g/mol. The molecule has 0 aliphatic carbocycles. The first-order valence-corrected chi connectivity index (χ1v) is 14.9. The van der Waals surface area contributed by atoms with Crippen LogP contribution in [0.15, 0.2) is 176 Å². The molecule has 0 radical (unpaired) electrons. The third-order valence-corrected chi connectivity index (χ3v) is 8.28. The summed E-state index contributed by atoms with van der Waals surface area (Å²) >= 11 is 0.